The third-order valence-electron chi connectivity index (χ3n) is 7.91. The van der Waals surface area contributed by atoms with Crippen LogP contribution in [-0.2, 0) is 0 Å². The summed E-state index contributed by atoms with van der Waals surface area (Å²) in [7, 11) is 0. The highest BCUT2D eigenvalue weighted by Gasteiger charge is 2.19. The normalized spacial score (nSPS) is 13.2. The van der Waals surface area contributed by atoms with Gasteiger partial charge in [-0.2, -0.15) is 0 Å². The Balaban J connectivity index is 1.54. The molecule has 0 aromatic heterocycles. The lowest BCUT2D eigenvalue weighted by molar-refractivity contribution is 0.976. The van der Waals surface area contributed by atoms with Crippen LogP contribution in [0.5, 0.6) is 0 Å². The molecule has 7 rings (SSSR count). The highest BCUT2D eigenvalue weighted by molar-refractivity contribution is 6.22. The number of aryl methyl sites for hydroxylation is 2. The van der Waals surface area contributed by atoms with Crippen LogP contribution in [0.25, 0.3) is 60.1 Å². The molecular formula is C37H29N. The third-order valence-corrected chi connectivity index (χ3v) is 7.91. The van der Waals surface area contributed by atoms with Gasteiger partial charge in [-0.15, -0.1) is 0 Å². The van der Waals surface area contributed by atoms with Crippen molar-refractivity contribution in [1.82, 2.24) is 5.32 Å². The zero-order valence-electron chi connectivity index (χ0n) is 21.8. The zero-order chi connectivity index (χ0) is 25.6. The highest BCUT2D eigenvalue weighted by atomic mass is 14.8. The summed E-state index contributed by atoms with van der Waals surface area (Å²) in [6.07, 6.45) is 6.54. The van der Waals surface area contributed by atoms with Crippen LogP contribution < -0.4 is 5.32 Å². The fourth-order valence-corrected chi connectivity index (χ4v) is 6.11. The molecule has 0 saturated carbocycles. The standard InChI is InChI=1S/C37H29N/c1-24-21-35(25(2)20-34(24)29-12-9-19-38-23-29)37-32-15-7-5-13-30(32)36(31-14-6-8-16-33(31)37)28-18-17-26-10-3-4-11-27(26)22-28/h3-18,20-23,38H,19H2,1-2H3. The highest BCUT2D eigenvalue weighted by Crippen LogP contribution is 2.45. The minimum Gasteiger partial charge on any atom is -0.387 e. The summed E-state index contributed by atoms with van der Waals surface area (Å²) < 4.78 is 0. The van der Waals surface area contributed by atoms with E-state index in [9.17, 15) is 0 Å². The van der Waals surface area contributed by atoms with Crippen LogP contribution in [0.4, 0.5) is 0 Å². The van der Waals surface area contributed by atoms with Gasteiger partial charge in [-0.1, -0.05) is 109 Å². The molecule has 0 unspecified atom stereocenters. The zero-order valence-corrected chi connectivity index (χ0v) is 21.8. The number of hydrogen-bond donors (Lipinski definition) is 1. The molecule has 38 heavy (non-hydrogen) atoms. The topological polar surface area (TPSA) is 12.0 Å². The van der Waals surface area contributed by atoms with Crippen LogP contribution in [0, 0.1) is 13.8 Å². The monoisotopic (exact) mass is 487 g/mol. The minimum atomic E-state index is 0.890. The van der Waals surface area contributed by atoms with Crippen LogP contribution in [-0.4, -0.2) is 6.54 Å². The Labute approximate surface area is 223 Å². The van der Waals surface area contributed by atoms with Crippen molar-refractivity contribution in [3.63, 3.8) is 0 Å². The molecule has 6 aromatic rings. The molecule has 6 aromatic carbocycles. The fourth-order valence-electron chi connectivity index (χ4n) is 6.11. The Morgan fingerprint density at radius 2 is 1.13 bits per heavy atom. The number of dihydropyridines is 1. The number of allylic oxidation sites excluding steroid dienone is 2. The van der Waals surface area contributed by atoms with E-state index in [0.717, 1.165) is 6.54 Å². The summed E-state index contributed by atoms with van der Waals surface area (Å²) in [5.41, 5.74) is 10.3. The molecule has 1 heterocycles. The molecule has 0 atom stereocenters. The number of rotatable bonds is 3. The van der Waals surface area contributed by atoms with Gasteiger partial charge < -0.3 is 5.32 Å². The lowest BCUT2D eigenvalue weighted by atomic mass is 9.83. The molecule has 1 aliphatic rings. The summed E-state index contributed by atoms with van der Waals surface area (Å²) in [6, 6.07) is 38.1. The molecule has 1 heteroatoms. The Bertz CT molecular complexity index is 1880. The second kappa shape index (κ2) is 9.04. The van der Waals surface area contributed by atoms with Crippen LogP contribution in [0.1, 0.15) is 16.7 Å². The van der Waals surface area contributed by atoms with Crippen molar-refractivity contribution in [2.24, 2.45) is 0 Å². The molecule has 0 saturated heterocycles. The van der Waals surface area contributed by atoms with Gasteiger partial charge in [-0.05, 0) is 96.7 Å². The summed E-state index contributed by atoms with van der Waals surface area (Å²) >= 11 is 0. The van der Waals surface area contributed by atoms with Gasteiger partial charge in [-0.25, -0.2) is 0 Å². The second-order valence-corrected chi connectivity index (χ2v) is 10.3. The quantitative estimate of drug-likeness (QED) is 0.245. The van der Waals surface area contributed by atoms with E-state index in [1.807, 2.05) is 0 Å². The molecule has 0 amide bonds. The van der Waals surface area contributed by atoms with Gasteiger partial charge in [0.15, 0.2) is 0 Å². The maximum atomic E-state index is 3.36. The first-order valence-corrected chi connectivity index (χ1v) is 13.3. The van der Waals surface area contributed by atoms with Crippen molar-refractivity contribution in [3.8, 4) is 22.3 Å². The Hall–Kier alpha value is -4.62. The van der Waals surface area contributed by atoms with Crippen molar-refractivity contribution in [2.75, 3.05) is 6.54 Å². The molecule has 1 nitrogen and oxygen atoms in total. The molecule has 0 spiro atoms. The smallest absolute Gasteiger partial charge is 0.0328 e. The van der Waals surface area contributed by atoms with E-state index in [2.05, 4.69) is 141 Å². The van der Waals surface area contributed by atoms with Crippen LogP contribution in [0.3, 0.4) is 0 Å². The van der Waals surface area contributed by atoms with E-state index in [0.29, 0.717) is 0 Å². The molecular weight excluding hydrogens is 458 g/mol. The minimum absolute atomic E-state index is 0.890. The van der Waals surface area contributed by atoms with Crippen molar-refractivity contribution in [3.05, 3.63) is 138 Å². The van der Waals surface area contributed by atoms with E-state index in [-0.39, 0.29) is 0 Å². The van der Waals surface area contributed by atoms with Crippen LogP contribution in [0.15, 0.2) is 121 Å². The van der Waals surface area contributed by atoms with Crippen molar-refractivity contribution in [2.45, 2.75) is 13.8 Å². The summed E-state index contributed by atoms with van der Waals surface area (Å²) in [6.45, 7) is 5.37. The van der Waals surface area contributed by atoms with Gasteiger partial charge in [0.05, 0.1) is 0 Å². The summed E-state index contributed by atoms with van der Waals surface area (Å²) in [5, 5.41) is 11.1. The van der Waals surface area contributed by atoms with Gasteiger partial charge in [0.25, 0.3) is 0 Å². The Morgan fingerprint density at radius 3 is 1.79 bits per heavy atom. The lowest BCUT2D eigenvalue weighted by Gasteiger charge is -2.21. The SMILES string of the molecule is Cc1cc(-c2c3ccccc3c(-c3ccc4ccccc4c3)c3ccccc23)c(C)cc1C1=CNCC=C1. The molecule has 0 radical (unpaired) electrons. The van der Waals surface area contributed by atoms with Gasteiger partial charge in [0, 0.05) is 12.7 Å². The van der Waals surface area contributed by atoms with Crippen molar-refractivity contribution in [1.29, 1.82) is 0 Å². The second-order valence-electron chi connectivity index (χ2n) is 10.3. The predicted octanol–water partition coefficient (Wildman–Crippen LogP) is 9.60. The first-order chi connectivity index (χ1) is 18.7. The lowest BCUT2D eigenvalue weighted by Crippen LogP contribution is -2.09. The van der Waals surface area contributed by atoms with Crippen molar-refractivity contribution >= 4 is 37.9 Å². The van der Waals surface area contributed by atoms with E-state index < -0.39 is 0 Å². The van der Waals surface area contributed by atoms with E-state index in [4.69, 9.17) is 0 Å². The van der Waals surface area contributed by atoms with E-state index >= 15 is 0 Å². The first-order valence-electron chi connectivity index (χ1n) is 13.3. The van der Waals surface area contributed by atoms with E-state index in [1.54, 1.807) is 0 Å². The summed E-state index contributed by atoms with van der Waals surface area (Å²) in [5.74, 6) is 0. The van der Waals surface area contributed by atoms with Gasteiger partial charge >= 0.3 is 0 Å². The maximum Gasteiger partial charge on any atom is 0.0328 e. The van der Waals surface area contributed by atoms with Gasteiger partial charge in [-0.3, -0.25) is 0 Å². The fraction of sp³-hybridized carbons (Fsp3) is 0.0811. The summed E-state index contributed by atoms with van der Waals surface area (Å²) in [4.78, 5) is 0. The molecule has 0 bridgehead atoms. The molecule has 182 valence electrons. The molecule has 0 fully saturated rings. The van der Waals surface area contributed by atoms with Crippen LogP contribution >= 0.6 is 0 Å². The predicted molar refractivity (Wildman–Crippen MR) is 164 cm³/mol. The number of hydrogen-bond acceptors (Lipinski definition) is 1. The number of fused-ring (bicyclic) bond motifs is 3. The van der Waals surface area contributed by atoms with Gasteiger partial charge in [0.2, 0.25) is 0 Å². The largest absolute Gasteiger partial charge is 0.387 e. The first kappa shape index (κ1) is 22.6. The van der Waals surface area contributed by atoms with E-state index in [1.165, 1.54) is 76.8 Å². The third kappa shape index (κ3) is 3.63. The number of benzene rings is 6. The average molecular weight is 488 g/mol. The van der Waals surface area contributed by atoms with Crippen molar-refractivity contribution < 1.29 is 0 Å². The number of nitrogens with one attached hydrogen (secondary N) is 1. The molecule has 1 N–H and O–H groups in total. The van der Waals surface area contributed by atoms with Crippen LogP contribution in [0.2, 0.25) is 0 Å². The molecule has 0 aliphatic carbocycles. The molecule has 1 aliphatic heterocycles. The average Bonchev–Trinajstić information content (AvgIpc) is 2.97. The Morgan fingerprint density at radius 1 is 0.553 bits per heavy atom. The van der Waals surface area contributed by atoms with Gasteiger partial charge in [0.1, 0.15) is 0 Å². The Kier molecular flexibility index (Phi) is 5.37. The maximum absolute atomic E-state index is 3.36.